The monoisotopic (exact) mass is 156 g/mol. The summed E-state index contributed by atoms with van der Waals surface area (Å²) in [5.74, 6) is -2.54. The van der Waals surface area contributed by atoms with E-state index >= 15 is 0 Å². The second kappa shape index (κ2) is 2.47. The Morgan fingerprint density at radius 1 is 1.82 bits per heavy atom. The maximum absolute atomic E-state index is 10.5. The van der Waals surface area contributed by atoms with Gasteiger partial charge >= 0.3 is 5.97 Å². The minimum Gasteiger partial charge on any atom is -0.426 e. The van der Waals surface area contributed by atoms with Crippen LogP contribution in [0.5, 0.6) is 0 Å². The number of cyclic esters (lactones) is 1. The van der Waals surface area contributed by atoms with E-state index in [1.807, 2.05) is 0 Å². The molecule has 0 fully saturated rings. The fourth-order valence-corrected chi connectivity index (χ4v) is 0.892. The molecule has 1 aliphatic heterocycles. The molecule has 1 aliphatic rings. The van der Waals surface area contributed by atoms with Gasteiger partial charge in [0.15, 0.2) is 0 Å². The summed E-state index contributed by atoms with van der Waals surface area (Å²) in [6, 6.07) is 0. The summed E-state index contributed by atoms with van der Waals surface area (Å²) in [6.45, 7) is 1.32. The lowest BCUT2D eigenvalue weighted by atomic mass is 10.1. The fraction of sp³-hybridized carbons (Fsp3) is 0.429. The molecule has 11 heavy (non-hydrogen) atoms. The largest absolute Gasteiger partial charge is 0.426 e. The van der Waals surface area contributed by atoms with Crippen LogP contribution in [0.25, 0.3) is 0 Å². The van der Waals surface area contributed by atoms with Crippen molar-refractivity contribution in [3.8, 4) is 0 Å². The van der Waals surface area contributed by atoms with Crippen LogP contribution < -0.4 is 0 Å². The molecule has 4 nitrogen and oxygen atoms in total. The van der Waals surface area contributed by atoms with Gasteiger partial charge in [-0.25, -0.2) is 4.79 Å². The smallest absolute Gasteiger partial charge is 0.333 e. The highest BCUT2D eigenvalue weighted by Gasteiger charge is 2.34. The van der Waals surface area contributed by atoms with Crippen LogP contribution >= 0.6 is 0 Å². The average Bonchev–Trinajstić information content (AvgIpc) is 2.08. The predicted octanol–water partition coefficient (Wildman–Crippen LogP) is -0.233. The topological polar surface area (TPSA) is 63.6 Å². The Bertz CT molecular complexity index is 231. The van der Waals surface area contributed by atoms with E-state index in [2.05, 4.69) is 4.74 Å². The molecule has 0 aromatic rings. The Morgan fingerprint density at radius 2 is 2.45 bits per heavy atom. The Labute approximate surface area is 63.5 Å². The second-order valence-corrected chi connectivity index (χ2v) is 2.48. The molecular formula is C7H8O4. The van der Waals surface area contributed by atoms with Crippen molar-refractivity contribution in [3.63, 3.8) is 0 Å². The van der Waals surface area contributed by atoms with Gasteiger partial charge in [-0.1, -0.05) is 0 Å². The molecule has 0 bridgehead atoms. The molecule has 0 spiro atoms. The number of aliphatic hydroxyl groups is 1. The fourth-order valence-electron chi connectivity index (χ4n) is 0.892. The van der Waals surface area contributed by atoms with Crippen molar-refractivity contribution < 1.29 is 19.4 Å². The highest BCUT2D eigenvalue weighted by molar-refractivity contribution is 5.86. The number of hydrogen-bond acceptors (Lipinski definition) is 4. The van der Waals surface area contributed by atoms with E-state index in [1.165, 1.54) is 13.0 Å². The Balaban J connectivity index is 2.63. The normalized spacial score (nSPS) is 28.7. The molecule has 1 atom stereocenters. The molecule has 60 valence electrons. The predicted molar refractivity (Wildman–Crippen MR) is 35.5 cm³/mol. The van der Waals surface area contributed by atoms with Gasteiger partial charge in [-0.05, 0) is 13.0 Å². The summed E-state index contributed by atoms with van der Waals surface area (Å²) in [4.78, 5) is 21.0. The summed E-state index contributed by atoms with van der Waals surface area (Å²) < 4.78 is 4.44. The molecule has 4 heteroatoms. The number of esters is 1. The highest BCUT2D eigenvalue weighted by Crippen LogP contribution is 2.20. The van der Waals surface area contributed by atoms with E-state index in [4.69, 9.17) is 0 Å². The number of rotatable bonds is 2. The molecule has 0 saturated carbocycles. The maximum atomic E-state index is 10.5. The van der Waals surface area contributed by atoms with Gasteiger partial charge in [-0.15, -0.1) is 0 Å². The number of ether oxygens (including phenoxy) is 1. The van der Waals surface area contributed by atoms with E-state index in [9.17, 15) is 14.7 Å². The van der Waals surface area contributed by atoms with Crippen LogP contribution in [-0.4, -0.2) is 22.6 Å². The molecule has 0 aromatic heterocycles. The maximum Gasteiger partial charge on any atom is 0.333 e. The van der Waals surface area contributed by atoms with E-state index in [-0.39, 0.29) is 12.2 Å². The van der Waals surface area contributed by atoms with Gasteiger partial charge in [0.25, 0.3) is 0 Å². The Morgan fingerprint density at radius 3 is 2.82 bits per heavy atom. The van der Waals surface area contributed by atoms with Gasteiger partial charge in [0.2, 0.25) is 5.79 Å². The lowest BCUT2D eigenvalue weighted by Crippen LogP contribution is -2.29. The number of carbonyl (C=O) groups is 2. The quantitative estimate of drug-likeness (QED) is 0.561. The van der Waals surface area contributed by atoms with Gasteiger partial charge < -0.3 is 9.84 Å². The third-order valence-electron chi connectivity index (χ3n) is 1.26. The summed E-state index contributed by atoms with van der Waals surface area (Å²) in [5, 5.41) is 9.28. The Kier molecular flexibility index (Phi) is 1.78. The van der Waals surface area contributed by atoms with E-state index in [0.29, 0.717) is 0 Å². The zero-order chi connectivity index (χ0) is 8.48. The van der Waals surface area contributed by atoms with Crippen molar-refractivity contribution in [2.24, 2.45) is 0 Å². The van der Waals surface area contributed by atoms with Gasteiger partial charge in [-0.3, -0.25) is 4.79 Å². The first kappa shape index (κ1) is 7.94. The molecular weight excluding hydrogens is 148 g/mol. The Hall–Kier alpha value is -1.16. The van der Waals surface area contributed by atoms with Crippen molar-refractivity contribution in [2.45, 2.75) is 19.1 Å². The molecule has 1 heterocycles. The zero-order valence-electron chi connectivity index (χ0n) is 6.03. The second-order valence-electron chi connectivity index (χ2n) is 2.48. The number of carbonyl (C=O) groups excluding carboxylic acids is 2. The SMILES string of the molecule is CC(=O)CC1(O)C=CC(=O)O1. The van der Waals surface area contributed by atoms with E-state index in [1.54, 1.807) is 0 Å². The molecule has 1 unspecified atom stereocenters. The van der Waals surface area contributed by atoms with Crippen LogP contribution in [0.4, 0.5) is 0 Å². The third kappa shape index (κ3) is 1.88. The number of hydrogen-bond donors (Lipinski definition) is 1. The summed E-state index contributed by atoms with van der Waals surface area (Å²) >= 11 is 0. The van der Waals surface area contributed by atoms with Crippen molar-refractivity contribution >= 4 is 11.8 Å². The molecule has 1 rings (SSSR count). The first-order chi connectivity index (χ1) is 5.02. The van der Waals surface area contributed by atoms with Crippen molar-refractivity contribution in [2.75, 3.05) is 0 Å². The molecule has 0 amide bonds. The standard InChI is InChI=1S/C7H8O4/c1-5(8)4-7(10)3-2-6(9)11-7/h2-3,10H,4H2,1H3. The first-order valence-corrected chi connectivity index (χ1v) is 3.16. The number of Topliss-reactive ketones (excluding diaryl/α,β-unsaturated/α-hetero) is 1. The number of ketones is 1. The molecule has 0 radical (unpaired) electrons. The van der Waals surface area contributed by atoms with Gasteiger partial charge in [-0.2, -0.15) is 0 Å². The van der Waals surface area contributed by atoms with Crippen molar-refractivity contribution in [3.05, 3.63) is 12.2 Å². The van der Waals surface area contributed by atoms with Gasteiger partial charge in [0.1, 0.15) is 5.78 Å². The van der Waals surface area contributed by atoms with Crippen LogP contribution in [-0.2, 0) is 14.3 Å². The first-order valence-electron chi connectivity index (χ1n) is 3.16. The zero-order valence-corrected chi connectivity index (χ0v) is 6.03. The van der Waals surface area contributed by atoms with Crippen molar-refractivity contribution in [1.29, 1.82) is 0 Å². The average molecular weight is 156 g/mol. The highest BCUT2D eigenvalue weighted by atomic mass is 16.7. The van der Waals surface area contributed by atoms with Gasteiger partial charge in [0.05, 0.1) is 6.42 Å². The molecule has 0 aromatic carbocycles. The van der Waals surface area contributed by atoms with Crippen molar-refractivity contribution in [1.82, 2.24) is 0 Å². The minimum atomic E-state index is -1.69. The van der Waals surface area contributed by atoms with Crippen LogP contribution in [0.1, 0.15) is 13.3 Å². The molecule has 1 N–H and O–H groups in total. The van der Waals surface area contributed by atoms with Crippen LogP contribution in [0.2, 0.25) is 0 Å². The summed E-state index contributed by atoms with van der Waals surface area (Å²) in [6.07, 6.45) is 2.09. The van der Waals surface area contributed by atoms with E-state index in [0.717, 1.165) is 6.08 Å². The van der Waals surface area contributed by atoms with Crippen LogP contribution in [0.3, 0.4) is 0 Å². The van der Waals surface area contributed by atoms with Crippen LogP contribution in [0.15, 0.2) is 12.2 Å². The molecule has 0 aliphatic carbocycles. The lowest BCUT2D eigenvalue weighted by Gasteiger charge is -2.17. The minimum absolute atomic E-state index is 0.185. The van der Waals surface area contributed by atoms with Gasteiger partial charge in [0, 0.05) is 6.08 Å². The molecule has 0 saturated heterocycles. The lowest BCUT2D eigenvalue weighted by molar-refractivity contribution is -0.180. The van der Waals surface area contributed by atoms with E-state index < -0.39 is 11.8 Å². The summed E-state index contributed by atoms with van der Waals surface area (Å²) in [7, 11) is 0. The van der Waals surface area contributed by atoms with Crippen LogP contribution in [0, 0.1) is 0 Å². The third-order valence-corrected chi connectivity index (χ3v) is 1.26. The summed E-state index contributed by atoms with van der Waals surface area (Å²) in [5.41, 5.74) is 0.